The summed E-state index contributed by atoms with van der Waals surface area (Å²) in [6, 6.07) is 0. The lowest BCUT2D eigenvalue weighted by molar-refractivity contribution is 0.406. The molecule has 1 fully saturated rings. The molecule has 0 aromatic heterocycles. The zero-order chi connectivity index (χ0) is 8.73. The van der Waals surface area contributed by atoms with Crippen molar-refractivity contribution >= 4 is 11.8 Å². The lowest BCUT2D eigenvalue weighted by atomic mass is 9.76. The highest BCUT2D eigenvalue weighted by atomic mass is 32.2. The van der Waals surface area contributed by atoms with Crippen LogP contribution in [0.3, 0.4) is 0 Å². The molecule has 1 N–H and O–H groups in total. The van der Waals surface area contributed by atoms with E-state index in [1.165, 1.54) is 30.7 Å². The molecule has 0 radical (unpaired) electrons. The largest absolute Gasteiger partial charge is 0.363 e. The van der Waals surface area contributed by atoms with Crippen molar-refractivity contribution < 1.29 is 0 Å². The van der Waals surface area contributed by atoms with Crippen LogP contribution in [0.4, 0.5) is 0 Å². The van der Waals surface area contributed by atoms with Crippen LogP contribution in [-0.2, 0) is 0 Å². The second-order valence-electron chi connectivity index (χ2n) is 3.90. The Balaban J connectivity index is 2.06. The summed E-state index contributed by atoms with van der Waals surface area (Å²) in [4.78, 5) is 1.56. The van der Waals surface area contributed by atoms with Gasteiger partial charge in [-0.3, -0.25) is 0 Å². The molecular weight excluding hydrogens is 178 g/mol. The smallest absolute Gasteiger partial charge is 0.0462 e. The molecule has 3 rings (SSSR count). The molecule has 1 saturated heterocycles. The first-order chi connectivity index (χ1) is 6.42. The Hall–Kier alpha value is -0.630. The van der Waals surface area contributed by atoms with Crippen LogP contribution in [0.15, 0.2) is 35.0 Å². The molecule has 13 heavy (non-hydrogen) atoms. The summed E-state index contributed by atoms with van der Waals surface area (Å²) in [6.07, 6.45) is 12.8. The first-order valence-corrected chi connectivity index (χ1v) is 5.88. The van der Waals surface area contributed by atoms with Crippen molar-refractivity contribution in [2.45, 2.75) is 19.3 Å². The summed E-state index contributed by atoms with van der Waals surface area (Å²) in [5.41, 5.74) is 1.80. The van der Waals surface area contributed by atoms with Gasteiger partial charge in [0.25, 0.3) is 0 Å². The molecule has 1 unspecified atom stereocenters. The van der Waals surface area contributed by atoms with Crippen LogP contribution in [-0.4, -0.2) is 5.75 Å². The minimum absolute atomic E-state index is 0.373. The summed E-state index contributed by atoms with van der Waals surface area (Å²) < 4.78 is 0. The standard InChI is InChI=1S/C11H13NS/c1-2-5-11-6-3-7-13-10(11)8-12-9(11)4-1/h1-2,4,8,12H,3,5-7H2. The minimum Gasteiger partial charge on any atom is -0.363 e. The maximum atomic E-state index is 3.42. The molecule has 1 nitrogen and oxygen atoms in total. The fourth-order valence-electron chi connectivity index (χ4n) is 2.50. The second kappa shape index (κ2) is 2.68. The molecule has 2 heterocycles. The second-order valence-corrected chi connectivity index (χ2v) is 5.04. The maximum Gasteiger partial charge on any atom is 0.0462 e. The van der Waals surface area contributed by atoms with Gasteiger partial charge in [-0.2, -0.15) is 0 Å². The fraction of sp³-hybridized carbons (Fsp3) is 0.455. The Kier molecular flexibility index (Phi) is 1.59. The van der Waals surface area contributed by atoms with Gasteiger partial charge in [-0.1, -0.05) is 12.2 Å². The molecule has 2 heteroatoms. The zero-order valence-corrected chi connectivity index (χ0v) is 8.36. The molecule has 1 spiro atoms. The summed E-state index contributed by atoms with van der Waals surface area (Å²) in [5, 5.41) is 3.42. The van der Waals surface area contributed by atoms with Crippen LogP contribution in [0.1, 0.15) is 19.3 Å². The average molecular weight is 191 g/mol. The van der Waals surface area contributed by atoms with Crippen LogP contribution < -0.4 is 5.32 Å². The molecule has 0 saturated carbocycles. The third kappa shape index (κ3) is 0.953. The summed E-state index contributed by atoms with van der Waals surface area (Å²) in [6.45, 7) is 0. The number of hydrogen-bond acceptors (Lipinski definition) is 2. The Morgan fingerprint density at radius 1 is 1.46 bits per heavy atom. The molecule has 3 aliphatic rings. The highest BCUT2D eigenvalue weighted by Gasteiger charge is 2.43. The summed E-state index contributed by atoms with van der Waals surface area (Å²) >= 11 is 2.03. The van der Waals surface area contributed by atoms with Crippen LogP contribution in [0.2, 0.25) is 0 Å². The lowest BCUT2D eigenvalue weighted by Gasteiger charge is -2.36. The van der Waals surface area contributed by atoms with Gasteiger partial charge in [-0.05, 0) is 31.1 Å². The highest BCUT2D eigenvalue weighted by molar-refractivity contribution is 8.03. The topological polar surface area (TPSA) is 12.0 Å². The molecule has 1 atom stereocenters. The van der Waals surface area contributed by atoms with Gasteiger partial charge in [-0.15, -0.1) is 11.8 Å². The van der Waals surface area contributed by atoms with E-state index in [9.17, 15) is 0 Å². The van der Waals surface area contributed by atoms with Crippen molar-refractivity contribution in [1.29, 1.82) is 0 Å². The Bertz CT molecular complexity index is 327. The SMILES string of the molecule is C1=CCC23CCCSC2=CNC3=C1. The molecule has 0 bridgehead atoms. The minimum atomic E-state index is 0.373. The van der Waals surface area contributed by atoms with Crippen LogP contribution in [0.25, 0.3) is 0 Å². The van der Waals surface area contributed by atoms with Crippen molar-refractivity contribution in [1.82, 2.24) is 5.32 Å². The van der Waals surface area contributed by atoms with E-state index in [-0.39, 0.29) is 0 Å². The molecule has 68 valence electrons. The molecular formula is C11H13NS. The average Bonchev–Trinajstić information content (AvgIpc) is 2.56. The third-order valence-corrected chi connectivity index (χ3v) is 4.53. The van der Waals surface area contributed by atoms with E-state index in [0.29, 0.717) is 5.41 Å². The highest BCUT2D eigenvalue weighted by Crippen LogP contribution is 2.54. The van der Waals surface area contributed by atoms with Gasteiger partial charge in [-0.25, -0.2) is 0 Å². The van der Waals surface area contributed by atoms with Gasteiger partial charge in [0.15, 0.2) is 0 Å². The predicted molar refractivity (Wildman–Crippen MR) is 57.2 cm³/mol. The predicted octanol–water partition coefficient (Wildman–Crippen LogP) is 2.79. The number of allylic oxidation sites excluding steroid dienone is 4. The monoisotopic (exact) mass is 191 g/mol. The quantitative estimate of drug-likeness (QED) is 0.632. The third-order valence-electron chi connectivity index (χ3n) is 3.22. The fourth-order valence-corrected chi connectivity index (χ4v) is 3.72. The maximum absolute atomic E-state index is 3.42. The van der Waals surface area contributed by atoms with Crippen molar-refractivity contribution in [2.24, 2.45) is 5.41 Å². The van der Waals surface area contributed by atoms with Crippen molar-refractivity contribution in [3.63, 3.8) is 0 Å². The van der Waals surface area contributed by atoms with E-state index in [1.807, 2.05) is 11.8 Å². The van der Waals surface area contributed by atoms with Gasteiger partial charge < -0.3 is 5.32 Å². The van der Waals surface area contributed by atoms with Crippen LogP contribution >= 0.6 is 11.8 Å². The van der Waals surface area contributed by atoms with Gasteiger partial charge in [0.05, 0.1) is 0 Å². The molecule has 0 amide bonds. The van der Waals surface area contributed by atoms with E-state index in [0.717, 1.165) is 0 Å². The Morgan fingerprint density at radius 3 is 3.46 bits per heavy atom. The summed E-state index contributed by atoms with van der Waals surface area (Å²) in [7, 11) is 0. The first-order valence-electron chi connectivity index (χ1n) is 4.89. The molecule has 0 aromatic carbocycles. The van der Waals surface area contributed by atoms with E-state index in [1.54, 1.807) is 4.91 Å². The molecule has 0 aromatic rings. The van der Waals surface area contributed by atoms with Crippen molar-refractivity contribution in [3.05, 3.63) is 35.0 Å². The number of nitrogens with one attached hydrogen (secondary N) is 1. The van der Waals surface area contributed by atoms with Crippen LogP contribution in [0.5, 0.6) is 0 Å². The van der Waals surface area contributed by atoms with Gasteiger partial charge in [0, 0.05) is 22.2 Å². The van der Waals surface area contributed by atoms with Gasteiger partial charge in [0.1, 0.15) is 0 Å². The molecule has 1 aliphatic carbocycles. The first kappa shape index (κ1) is 7.74. The van der Waals surface area contributed by atoms with Crippen molar-refractivity contribution in [3.8, 4) is 0 Å². The number of hydrogen-bond donors (Lipinski definition) is 1. The van der Waals surface area contributed by atoms with Crippen LogP contribution in [0, 0.1) is 5.41 Å². The number of thioether (sulfide) groups is 1. The van der Waals surface area contributed by atoms with E-state index in [2.05, 4.69) is 29.7 Å². The summed E-state index contributed by atoms with van der Waals surface area (Å²) in [5.74, 6) is 1.30. The van der Waals surface area contributed by atoms with Gasteiger partial charge >= 0.3 is 0 Å². The zero-order valence-electron chi connectivity index (χ0n) is 7.55. The van der Waals surface area contributed by atoms with E-state index in [4.69, 9.17) is 0 Å². The van der Waals surface area contributed by atoms with Gasteiger partial charge in [0.2, 0.25) is 0 Å². The van der Waals surface area contributed by atoms with E-state index >= 15 is 0 Å². The van der Waals surface area contributed by atoms with E-state index < -0.39 is 0 Å². The normalized spacial score (nSPS) is 35.7. The molecule has 2 aliphatic heterocycles. The Labute approximate surface area is 83.0 Å². The lowest BCUT2D eigenvalue weighted by Crippen LogP contribution is -2.28. The number of rotatable bonds is 0. The Morgan fingerprint density at radius 2 is 2.46 bits per heavy atom. The van der Waals surface area contributed by atoms with Crippen molar-refractivity contribution in [2.75, 3.05) is 5.75 Å².